The van der Waals surface area contributed by atoms with Gasteiger partial charge in [-0.3, -0.25) is 9.69 Å². The van der Waals surface area contributed by atoms with E-state index < -0.39 is 12.1 Å². The van der Waals surface area contributed by atoms with Gasteiger partial charge in [0, 0.05) is 11.5 Å². The normalized spacial score (nSPS) is 20.4. The second kappa shape index (κ2) is 4.64. The summed E-state index contributed by atoms with van der Waals surface area (Å²) in [6.07, 6.45) is -1.20. The van der Waals surface area contributed by atoms with Crippen LogP contribution in [0.25, 0.3) is 0 Å². The number of amides is 1. The van der Waals surface area contributed by atoms with Gasteiger partial charge in [-0.1, -0.05) is 25.9 Å². The fourth-order valence-corrected chi connectivity index (χ4v) is 2.27. The number of carbonyl (C=O) groups is 1. The Balaban J connectivity index is 2.35. The largest absolute Gasteiger partial charge is 0.495 e. The summed E-state index contributed by atoms with van der Waals surface area (Å²) in [5, 5.41) is 13.9. The van der Waals surface area contributed by atoms with Crippen LogP contribution in [0.5, 0.6) is 0 Å². The van der Waals surface area contributed by atoms with Crippen molar-refractivity contribution in [3.8, 4) is 0 Å². The second-order valence-electron chi connectivity index (χ2n) is 5.23. The molecule has 0 radical (unpaired) electrons. The fraction of sp³-hybridized carbons (Fsp3) is 0.500. The van der Waals surface area contributed by atoms with E-state index in [1.807, 2.05) is 20.8 Å². The van der Waals surface area contributed by atoms with Crippen LogP contribution in [0.4, 0.5) is 5.82 Å². The van der Waals surface area contributed by atoms with Crippen LogP contribution < -0.4 is 4.90 Å². The second-order valence-corrected chi connectivity index (χ2v) is 6.02. The topological polar surface area (TPSA) is 75.8 Å². The van der Waals surface area contributed by atoms with Crippen molar-refractivity contribution in [3.63, 3.8) is 0 Å². The lowest BCUT2D eigenvalue weighted by atomic mass is 9.93. The van der Waals surface area contributed by atoms with E-state index in [-0.39, 0.29) is 21.5 Å². The number of carbonyl (C=O) groups excluding carboxylic acids is 1. The van der Waals surface area contributed by atoms with E-state index in [4.69, 9.17) is 9.26 Å². The number of anilines is 1. The number of hydrogen-bond donors (Lipinski definition) is 1. The van der Waals surface area contributed by atoms with E-state index in [9.17, 15) is 9.90 Å². The minimum absolute atomic E-state index is 0.158. The molecule has 104 valence electrons. The maximum Gasteiger partial charge on any atom is 0.272 e. The number of aliphatic hydroxyl groups is 1. The molecule has 0 saturated heterocycles. The predicted molar refractivity (Wildman–Crippen MR) is 71.7 cm³/mol. The van der Waals surface area contributed by atoms with E-state index in [1.54, 1.807) is 6.07 Å². The van der Waals surface area contributed by atoms with Crippen molar-refractivity contribution in [2.45, 2.75) is 32.4 Å². The highest BCUT2D eigenvalue weighted by atomic mass is 79.9. The first-order valence-corrected chi connectivity index (χ1v) is 6.49. The Labute approximate surface area is 119 Å². The summed E-state index contributed by atoms with van der Waals surface area (Å²) in [7, 11) is 1.39. The Bertz CT molecular complexity index is 544. The number of ether oxygens (including phenoxy) is 1. The van der Waals surface area contributed by atoms with Gasteiger partial charge in [-0.05, 0) is 15.9 Å². The van der Waals surface area contributed by atoms with Crippen LogP contribution in [-0.2, 0) is 14.9 Å². The molecule has 1 aromatic heterocycles. The lowest BCUT2D eigenvalue weighted by Gasteiger charge is -2.18. The highest BCUT2D eigenvalue weighted by molar-refractivity contribution is 9.12. The molecule has 1 aromatic rings. The van der Waals surface area contributed by atoms with Crippen LogP contribution in [-0.4, -0.2) is 29.5 Å². The molecule has 0 saturated carbocycles. The van der Waals surface area contributed by atoms with Crippen molar-refractivity contribution >= 4 is 27.7 Å². The summed E-state index contributed by atoms with van der Waals surface area (Å²) >= 11 is 3.10. The van der Waals surface area contributed by atoms with E-state index in [2.05, 4.69) is 21.1 Å². The van der Waals surface area contributed by atoms with Gasteiger partial charge in [0.1, 0.15) is 10.2 Å². The zero-order valence-corrected chi connectivity index (χ0v) is 12.7. The highest BCUT2D eigenvalue weighted by Crippen LogP contribution is 2.34. The molecule has 1 amide bonds. The van der Waals surface area contributed by atoms with E-state index in [0.29, 0.717) is 5.76 Å². The SMILES string of the molecule is COC1=C(Br)C(=O)N(c2cc(C(C)(C)C)on2)C1O. The zero-order valence-electron chi connectivity index (χ0n) is 11.1. The molecule has 2 heterocycles. The minimum atomic E-state index is -1.20. The van der Waals surface area contributed by atoms with Gasteiger partial charge in [0.05, 0.1) is 7.11 Å². The summed E-state index contributed by atoms with van der Waals surface area (Å²) in [4.78, 5) is 13.2. The van der Waals surface area contributed by atoms with Gasteiger partial charge in [0.2, 0.25) is 0 Å². The Morgan fingerprint density at radius 3 is 2.58 bits per heavy atom. The quantitative estimate of drug-likeness (QED) is 0.896. The molecule has 0 spiro atoms. The molecular formula is C12H15BrN2O4. The summed E-state index contributed by atoms with van der Waals surface area (Å²) in [5.41, 5.74) is -0.228. The van der Waals surface area contributed by atoms with Crippen LogP contribution >= 0.6 is 15.9 Å². The maximum atomic E-state index is 12.0. The summed E-state index contributed by atoms with van der Waals surface area (Å²) in [6, 6.07) is 1.64. The molecule has 1 unspecified atom stereocenters. The fourth-order valence-electron chi connectivity index (χ4n) is 1.71. The van der Waals surface area contributed by atoms with Gasteiger partial charge in [-0.25, -0.2) is 0 Å². The van der Waals surface area contributed by atoms with Crippen LogP contribution in [0.2, 0.25) is 0 Å². The van der Waals surface area contributed by atoms with Gasteiger partial charge in [0.25, 0.3) is 5.91 Å². The molecule has 0 aliphatic carbocycles. The van der Waals surface area contributed by atoms with Gasteiger partial charge in [-0.15, -0.1) is 0 Å². The van der Waals surface area contributed by atoms with E-state index >= 15 is 0 Å². The number of aliphatic hydroxyl groups excluding tert-OH is 1. The van der Waals surface area contributed by atoms with Gasteiger partial charge in [0.15, 0.2) is 17.8 Å². The molecule has 19 heavy (non-hydrogen) atoms. The van der Waals surface area contributed by atoms with Gasteiger partial charge in [-0.2, -0.15) is 0 Å². The molecule has 1 N–H and O–H groups in total. The smallest absolute Gasteiger partial charge is 0.272 e. The molecule has 0 aromatic carbocycles. The van der Waals surface area contributed by atoms with Crippen molar-refractivity contribution < 1.29 is 19.2 Å². The van der Waals surface area contributed by atoms with Crippen molar-refractivity contribution in [1.82, 2.24) is 5.16 Å². The first-order valence-electron chi connectivity index (χ1n) is 5.70. The predicted octanol–water partition coefficient (Wildman–Crippen LogP) is 1.89. The first kappa shape index (κ1) is 14.1. The lowest BCUT2D eigenvalue weighted by Crippen LogP contribution is -2.35. The van der Waals surface area contributed by atoms with E-state index in [1.165, 1.54) is 7.11 Å². The molecule has 1 aliphatic rings. The third-order valence-corrected chi connectivity index (χ3v) is 3.54. The number of nitrogens with zero attached hydrogens (tertiary/aromatic N) is 2. The molecule has 0 bridgehead atoms. The van der Waals surface area contributed by atoms with Crippen LogP contribution in [0.1, 0.15) is 26.5 Å². The standard InChI is InChI=1S/C12H15BrN2O4/c1-12(2,3)6-5-7(14-19-6)15-10(16)8(13)9(18-4)11(15)17/h5,11,17H,1-4H3. The number of hydrogen-bond acceptors (Lipinski definition) is 5. The average molecular weight is 331 g/mol. The summed E-state index contributed by atoms with van der Waals surface area (Å²) < 4.78 is 10.4. The molecule has 6 nitrogen and oxygen atoms in total. The van der Waals surface area contributed by atoms with Crippen molar-refractivity contribution in [2.24, 2.45) is 0 Å². The molecular weight excluding hydrogens is 316 g/mol. The van der Waals surface area contributed by atoms with E-state index in [0.717, 1.165) is 4.90 Å². The van der Waals surface area contributed by atoms with Crippen molar-refractivity contribution in [3.05, 3.63) is 22.1 Å². The summed E-state index contributed by atoms with van der Waals surface area (Å²) in [5.74, 6) is 0.624. The number of aromatic nitrogens is 1. The van der Waals surface area contributed by atoms with Gasteiger partial charge < -0.3 is 14.4 Å². The molecule has 1 aliphatic heterocycles. The third-order valence-electron chi connectivity index (χ3n) is 2.81. The monoisotopic (exact) mass is 330 g/mol. The summed E-state index contributed by atoms with van der Waals surface area (Å²) in [6.45, 7) is 5.90. The Kier molecular flexibility index (Phi) is 3.44. The Morgan fingerprint density at radius 2 is 2.16 bits per heavy atom. The molecule has 7 heteroatoms. The molecule has 0 fully saturated rings. The maximum absolute atomic E-state index is 12.0. The Hall–Kier alpha value is -1.34. The number of halogens is 1. The van der Waals surface area contributed by atoms with Crippen molar-refractivity contribution in [2.75, 3.05) is 12.0 Å². The Morgan fingerprint density at radius 1 is 1.53 bits per heavy atom. The third kappa shape index (κ3) is 2.28. The average Bonchev–Trinajstić information content (AvgIpc) is 2.85. The lowest BCUT2D eigenvalue weighted by molar-refractivity contribution is -0.115. The van der Waals surface area contributed by atoms with Crippen LogP contribution in [0.15, 0.2) is 20.8 Å². The zero-order chi connectivity index (χ0) is 14.4. The van der Waals surface area contributed by atoms with Gasteiger partial charge >= 0.3 is 0 Å². The first-order chi connectivity index (χ1) is 8.77. The number of methoxy groups -OCH3 is 1. The number of rotatable bonds is 2. The minimum Gasteiger partial charge on any atom is -0.495 e. The molecule has 2 rings (SSSR count). The van der Waals surface area contributed by atoms with Crippen LogP contribution in [0.3, 0.4) is 0 Å². The van der Waals surface area contributed by atoms with Crippen LogP contribution in [0, 0.1) is 0 Å². The highest BCUT2D eigenvalue weighted by Gasteiger charge is 2.41. The van der Waals surface area contributed by atoms with Crippen molar-refractivity contribution in [1.29, 1.82) is 0 Å². The molecule has 1 atom stereocenters.